The van der Waals surface area contributed by atoms with Crippen molar-refractivity contribution in [1.82, 2.24) is 0 Å². The van der Waals surface area contributed by atoms with E-state index in [0.29, 0.717) is 0 Å². The Bertz CT molecular complexity index is 706. The van der Waals surface area contributed by atoms with Gasteiger partial charge in [-0.25, -0.2) is 0 Å². The SMILES string of the molecule is C[Si](C)(CCC(=C1CC1)[Si](C)(C)c1ccccc1)c1ccccc1. The summed E-state index contributed by atoms with van der Waals surface area (Å²) in [7, 11) is -2.86. The van der Waals surface area contributed by atoms with Crippen LogP contribution in [-0.4, -0.2) is 16.1 Å². The molecule has 0 nitrogen and oxygen atoms in total. The minimum atomic E-state index is -1.51. The first-order valence-corrected chi connectivity index (χ1v) is 15.4. The second-order valence-corrected chi connectivity index (χ2v) is 17.6. The molecule has 0 bridgehead atoms. The molecule has 0 radical (unpaired) electrons. The quantitative estimate of drug-likeness (QED) is 0.625. The van der Waals surface area contributed by atoms with Gasteiger partial charge < -0.3 is 0 Å². The highest BCUT2D eigenvalue weighted by molar-refractivity contribution is 6.96. The Kier molecular flexibility index (Phi) is 4.98. The van der Waals surface area contributed by atoms with E-state index in [1.165, 1.54) is 25.3 Å². The van der Waals surface area contributed by atoms with Crippen molar-refractivity contribution in [2.45, 2.75) is 51.5 Å². The predicted octanol–water partition coefficient (Wildman–Crippen LogP) is 5.24. The van der Waals surface area contributed by atoms with Crippen molar-refractivity contribution in [2.24, 2.45) is 0 Å². The number of hydrogen-bond acceptors (Lipinski definition) is 0. The minimum Gasteiger partial charge on any atom is -0.0771 e. The Morgan fingerprint density at radius 2 is 1.25 bits per heavy atom. The van der Waals surface area contributed by atoms with E-state index in [9.17, 15) is 0 Å². The van der Waals surface area contributed by atoms with Crippen LogP contribution in [0.1, 0.15) is 19.3 Å². The third kappa shape index (κ3) is 3.81. The summed E-state index contributed by atoms with van der Waals surface area (Å²) in [5.74, 6) is 0. The zero-order valence-corrected chi connectivity index (χ0v) is 17.6. The fourth-order valence-electron chi connectivity index (χ4n) is 3.80. The molecule has 0 saturated heterocycles. The van der Waals surface area contributed by atoms with Crippen LogP contribution in [0.25, 0.3) is 0 Å². The van der Waals surface area contributed by atoms with Gasteiger partial charge in [0.25, 0.3) is 0 Å². The second-order valence-electron chi connectivity index (χ2n) is 8.32. The molecular formula is C22H30Si2. The van der Waals surface area contributed by atoms with Crippen molar-refractivity contribution < 1.29 is 0 Å². The second kappa shape index (κ2) is 6.85. The van der Waals surface area contributed by atoms with Gasteiger partial charge in [-0.1, -0.05) is 114 Å². The summed E-state index contributed by atoms with van der Waals surface area (Å²) >= 11 is 0. The molecule has 2 aromatic carbocycles. The van der Waals surface area contributed by atoms with Crippen molar-refractivity contribution in [2.75, 3.05) is 0 Å². The third-order valence-corrected chi connectivity index (χ3v) is 13.0. The van der Waals surface area contributed by atoms with Gasteiger partial charge in [-0.3, -0.25) is 0 Å². The summed E-state index contributed by atoms with van der Waals surface area (Å²) in [5.41, 5.74) is 1.79. The Morgan fingerprint density at radius 3 is 1.75 bits per heavy atom. The lowest BCUT2D eigenvalue weighted by Crippen LogP contribution is -2.46. The Labute approximate surface area is 149 Å². The standard InChI is InChI=1S/C22H30Si2/c1-23(2,20-11-7-5-8-12-20)18-17-22(19-15-16-19)24(3,4)21-13-9-6-10-14-21/h5-14H,15-18H2,1-4H3. The van der Waals surface area contributed by atoms with Crippen molar-refractivity contribution in [3.63, 3.8) is 0 Å². The lowest BCUT2D eigenvalue weighted by molar-refractivity contribution is 1.12. The van der Waals surface area contributed by atoms with Gasteiger partial charge in [0.1, 0.15) is 8.07 Å². The van der Waals surface area contributed by atoms with Crippen LogP contribution >= 0.6 is 0 Å². The fourth-order valence-corrected chi connectivity index (χ4v) is 9.56. The first-order chi connectivity index (χ1) is 11.4. The van der Waals surface area contributed by atoms with E-state index in [-0.39, 0.29) is 0 Å². The molecule has 0 atom stereocenters. The summed E-state index contributed by atoms with van der Waals surface area (Å²) in [4.78, 5) is 0. The molecule has 0 N–H and O–H groups in total. The van der Waals surface area contributed by atoms with E-state index < -0.39 is 16.1 Å². The molecule has 0 aromatic heterocycles. The van der Waals surface area contributed by atoms with Crippen molar-refractivity contribution in [1.29, 1.82) is 0 Å². The molecule has 0 aliphatic heterocycles. The highest BCUT2D eigenvalue weighted by atomic mass is 28.3. The maximum atomic E-state index is 2.56. The van der Waals surface area contributed by atoms with Gasteiger partial charge >= 0.3 is 0 Å². The molecule has 24 heavy (non-hydrogen) atoms. The Morgan fingerprint density at radius 1 is 0.750 bits per heavy atom. The third-order valence-electron chi connectivity index (χ3n) is 5.73. The maximum Gasteiger partial charge on any atom is 0.107 e. The Hall–Kier alpha value is -1.39. The smallest absolute Gasteiger partial charge is 0.0771 e. The minimum absolute atomic E-state index is 1.32. The first kappa shape index (κ1) is 17.4. The van der Waals surface area contributed by atoms with Gasteiger partial charge in [0.15, 0.2) is 0 Å². The van der Waals surface area contributed by atoms with Gasteiger partial charge in [-0.15, -0.1) is 0 Å². The van der Waals surface area contributed by atoms with Gasteiger partial charge in [-0.05, 0) is 19.3 Å². The van der Waals surface area contributed by atoms with E-state index in [4.69, 9.17) is 0 Å². The summed E-state index contributed by atoms with van der Waals surface area (Å²) < 4.78 is 0. The van der Waals surface area contributed by atoms with Crippen LogP contribution < -0.4 is 10.4 Å². The van der Waals surface area contributed by atoms with Gasteiger partial charge in [0.05, 0.1) is 8.07 Å². The number of allylic oxidation sites excluding steroid dienone is 2. The number of rotatable bonds is 6. The molecule has 2 heteroatoms. The average Bonchev–Trinajstić information content (AvgIpc) is 3.41. The normalized spacial score (nSPS) is 14.6. The molecule has 1 aliphatic rings. The molecule has 1 fully saturated rings. The lowest BCUT2D eigenvalue weighted by atomic mass is 10.4. The monoisotopic (exact) mass is 350 g/mol. The average molecular weight is 351 g/mol. The molecule has 3 rings (SSSR count). The lowest BCUT2D eigenvalue weighted by Gasteiger charge is -2.30. The van der Waals surface area contributed by atoms with Crippen molar-refractivity contribution >= 4 is 26.5 Å². The van der Waals surface area contributed by atoms with Crippen LogP contribution in [0.5, 0.6) is 0 Å². The molecule has 2 aromatic rings. The zero-order valence-electron chi connectivity index (χ0n) is 15.6. The van der Waals surface area contributed by atoms with Crippen LogP contribution in [0.15, 0.2) is 71.4 Å². The van der Waals surface area contributed by atoms with E-state index >= 15 is 0 Å². The molecule has 0 heterocycles. The first-order valence-electron chi connectivity index (χ1n) is 9.24. The highest BCUT2D eigenvalue weighted by Crippen LogP contribution is 2.38. The molecule has 0 spiro atoms. The molecular weight excluding hydrogens is 320 g/mol. The topological polar surface area (TPSA) is 0 Å². The summed E-state index contributed by atoms with van der Waals surface area (Å²) in [6.07, 6.45) is 4.02. The van der Waals surface area contributed by atoms with E-state index in [1.54, 1.807) is 15.9 Å². The molecule has 1 saturated carbocycles. The number of benzene rings is 2. The van der Waals surface area contributed by atoms with Gasteiger partial charge in [0.2, 0.25) is 0 Å². The van der Waals surface area contributed by atoms with Gasteiger partial charge in [-0.2, -0.15) is 0 Å². The Balaban J connectivity index is 1.81. The van der Waals surface area contributed by atoms with E-state index in [0.717, 1.165) is 0 Å². The van der Waals surface area contributed by atoms with Crippen LogP contribution in [0.3, 0.4) is 0 Å². The summed E-state index contributed by atoms with van der Waals surface area (Å²) in [6, 6.07) is 23.9. The largest absolute Gasteiger partial charge is 0.107 e. The predicted molar refractivity (Wildman–Crippen MR) is 113 cm³/mol. The fraction of sp³-hybridized carbons (Fsp3) is 0.364. The maximum absolute atomic E-state index is 2.56. The molecule has 0 unspecified atom stereocenters. The van der Waals surface area contributed by atoms with Crippen LogP contribution in [0.4, 0.5) is 0 Å². The zero-order chi connectivity index (χ0) is 17.2. The highest BCUT2D eigenvalue weighted by Gasteiger charge is 2.35. The van der Waals surface area contributed by atoms with E-state index in [1.807, 2.05) is 5.20 Å². The molecule has 0 amide bonds. The summed E-state index contributed by atoms with van der Waals surface area (Å²) in [6.45, 7) is 10.2. The summed E-state index contributed by atoms with van der Waals surface area (Å²) in [5, 5.41) is 5.05. The van der Waals surface area contributed by atoms with Crippen molar-refractivity contribution in [3.8, 4) is 0 Å². The van der Waals surface area contributed by atoms with Crippen LogP contribution in [0, 0.1) is 0 Å². The van der Waals surface area contributed by atoms with Crippen LogP contribution in [0.2, 0.25) is 32.2 Å². The molecule has 1 aliphatic carbocycles. The van der Waals surface area contributed by atoms with Gasteiger partial charge in [0, 0.05) is 0 Å². The molecule has 126 valence electrons. The number of hydrogen-bond donors (Lipinski definition) is 0. The van der Waals surface area contributed by atoms with Crippen LogP contribution in [-0.2, 0) is 0 Å². The van der Waals surface area contributed by atoms with E-state index in [2.05, 4.69) is 86.9 Å². The van der Waals surface area contributed by atoms with Crippen molar-refractivity contribution in [3.05, 3.63) is 71.4 Å².